The van der Waals surface area contributed by atoms with E-state index in [0.29, 0.717) is 24.2 Å². The Kier molecular flexibility index (Phi) is 5.40. The van der Waals surface area contributed by atoms with Crippen molar-refractivity contribution in [3.63, 3.8) is 0 Å². The van der Waals surface area contributed by atoms with Crippen molar-refractivity contribution in [2.24, 2.45) is 0 Å². The zero-order valence-corrected chi connectivity index (χ0v) is 14.9. The Hall–Kier alpha value is -3.35. The van der Waals surface area contributed by atoms with E-state index < -0.39 is 18.5 Å². The quantitative estimate of drug-likeness (QED) is 0.791. The highest BCUT2D eigenvalue weighted by molar-refractivity contribution is 5.98. The van der Waals surface area contributed by atoms with Gasteiger partial charge in [-0.25, -0.2) is 4.79 Å². The minimum atomic E-state index is -0.769. The summed E-state index contributed by atoms with van der Waals surface area (Å²) in [4.78, 5) is 37.4. The SMILES string of the molecule is Cc1cccc(C(=O)OCC(=O)Nc2ccc(N3CCCC3=O)cc2)c1O. The number of phenolic OH excluding ortho intramolecular Hbond substituents is 1. The lowest BCUT2D eigenvalue weighted by molar-refractivity contribution is -0.119. The predicted octanol–water partition coefficient (Wildman–Crippen LogP) is 2.62. The number of carbonyl (C=O) groups excluding carboxylic acids is 3. The van der Waals surface area contributed by atoms with E-state index in [1.807, 2.05) is 0 Å². The standard InChI is InChI=1S/C20H20N2O5/c1-13-4-2-5-16(19(13)25)20(26)27-12-17(23)21-14-7-9-15(10-8-14)22-11-3-6-18(22)24/h2,4-5,7-10,25H,3,6,11-12H2,1H3,(H,21,23). The van der Waals surface area contributed by atoms with Crippen LogP contribution in [-0.4, -0.2) is 36.0 Å². The number of aromatic hydroxyl groups is 1. The van der Waals surface area contributed by atoms with Crippen LogP contribution in [-0.2, 0) is 14.3 Å². The number of rotatable bonds is 5. The molecule has 0 spiro atoms. The van der Waals surface area contributed by atoms with Gasteiger partial charge in [-0.2, -0.15) is 0 Å². The van der Waals surface area contributed by atoms with E-state index in [-0.39, 0.29) is 17.2 Å². The number of para-hydroxylation sites is 1. The maximum absolute atomic E-state index is 12.0. The first-order valence-electron chi connectivity index (χ1n) is 8.61. The molecule has 1 fully saturated rings. The van der Waals surface area contributed by atoms with Crippen LogP contribution in [0, 0.1) is 6.92 Å². The number of anilines is 2. The molecule has 0 bridgehead atoms. The lowest BCUT2D eigenvalue weighted by atomic mass is 10.1. The van der Waals surface area contributed by atoms with Crippen LogP contribution in [0.5, 0.6) is 5.75 Å². The fourth-order valence-corrected chi connectivity index (χ4v) is 2.88. The lowest BCUT2D eigenvalue weighted by Gasteiger charge is -2.16. The molecule has 0 saturated carbocycles. The second kappa shape index (κ2) is 7.90. The third kappa shape index (κ3) is 4.25. The number of hydrogen-bond donors (Lipinski definition) is 2. The van der Waals surface area contributed by atoms with Gasteiger partial charge >= 0.3 is 5.97 Å². The minimum absolute atomic E-state index is 0.0161. The molecule has 3 rings (SSSR count). The molecule has 27 heavy (non-hydrogen) atoms. The van der Waals surface area contributed by atoms with Crippen LogP contribution >= 0.6 is 0 Å². The third-order valence-electron chi connectivity index (χ3n) is 4.33. The van der Waals surface area contributed by atoms with Gasteiger partial charge in [-0.1, -0.05) is 12.1 Å². The van der Waals surface area contributed by atoms with E-state index >= 15 is 0 Å². The van der Waals surface area contributed by atoms with Crippen molar-refractivity contribution in [1.82, 2.24) is 0 Å². The zero-order chi connectivity index (χ0) is 19.4. The largest absolute Gasteiger partial charge is 0.507 e. The van der Waals surface area contributed by atoms with Gasteiger partial charge in [0.15, 0.2) is 6.61 Å². The minimum Gasteiger partial charge on any atom is -0.507 e. The highest BCUT2D eigenvalue weighted by Gasteiger charge is 2.21. The van der Waals surface area contributed by atoms with Crippen molar-refractivity contribution in [3.8, 4) is 5.75 Å². The molecule has 140 valence electrons. The Morgan fingerprint density at radius 2 is 1.93 bits per heavy atom. The molecule has 0 aromatic heterocycles. The van der Waals surface area contributed by atoms with Crippen LogP contribution in [0.2, 0.25) is 0 Å². The number of nitrogens with one attached hydrogen (secondary N) is 1. The summed E-state index contributed by atoms with van der Waals surface area (Å²) in [7, 11) is 0. The second-order valence-electron chi connectivity index (χ2n) is 6.29. The molecule has 1 aliphatic heterocycles. The number of benzene rings is 2. The molecule has 2 aromatic carbocycles. The third-order valence-corrected chi connectivity index (χ3v) is 4.33. The summed E-state index contributed by atoms with van der Waals surface area (Å²) in [6.45, 7) is 1.89. The van der Waals surface area contributed by atoms with Crippen molar-refractivity contribution in [2.45, 2.75) is 19.8 Å². The first-order chi connectivity index (χ1) is 13.0. The molecule has 1 aliphatic rings. The van der Waals surface area contributed by atoms with E-state index in [9.17, 15) is 19.5 Å². The van der Waals surface area contributed by atoms with Crippen LogP contribution in [0.3, 0.4) is 0 Å². The average molecular weight is 368 g/mol. The van der Waals surface area contributed by atoms with E-state index in [2.05, 4.69) is 5.32 Å². The van der Waals surface area contributed by atoms with Crippen LogP contribution in [0.15, 0.2) is 42.5 Å². The van der Waals surface area contributed by atoms with E-state index in [0.717, 1.165) is 12.1 Å². The van der Waals surface area contributed by atoms with Gasteiger partial charge in [0.1, 0.15) is 11.3 Å². The van der Waals surface area contributed by atoms with Gasteiger partial charge in [-0.3, -0.25) is 9.59 Å². The maximum atomic E-state index is 12.0. The van der Waals surface area contributed by atoms with Crippen molar-refractivity contribution in [3.05, 3.63) is 53.6 Å². The molecule has 1 saturated heterocycles. The molecule has 7 heteroatoms. The number of aryl methyl sites for hydroxylation is 1. The Morgan fingerprint density at radius 3 is 2.59 bits per heavy atom. The van der Waals surface area contributed by atoms with Gasteiger partial charge in [0, 0.05) is 24.3 Å². The first kappa shape index (κ1) is 18.4. The molecule has 0 unspecified atom stereocenters. The van der Waals surface area contributed by atoms with Crippen molar-refractivity contribution in [2.75, 3.05) is 23.4 Å². The van der Waals surface area contributed by atoms with Crippen molar-refractivity contribution >= 4 is 29.2 Å². The van der Waals surface area contributed by atoms with E-state index in [4.69, 9.17) is 4.74 Å². The van der Waals surface area contributed by atoms with Gasteiger partial charge < -0.3 is 20.1 Å². The zero-order valence-electron chi connectivity index (χ0n) is 14.9. The summed E-state index contributed by atoms with van der Waals surface area (Å²) in [5.41, 5.74) is 1.88. The number of hydrogen-bond acceptors (Lipinski definition) is 5. The van der Waals surface area contributed by atoms with Gasteiger partial charge in [0.25, 0.3) is 5.91 Å². The lowest BCUT2D eigenvalue weighted by Crippen LogP contribution is -2.23. The summed E-state index contributed by atoms with van der Waals surface area (Å²) in [5, 5.41) is 12.5. The van der Waals surface area contributed by atoms with Gasteiger partial charge in [0.05, 0.1) is 0 Å². The van der Waals surface area contributed by atoms with Crippen molar-refractivity contribution in [1.29, 1.82) is 0 Å². The maximum Gasteiger partial charge on any atom is 0.342 e. The fourth-order valence-electron chi connectivity index (χ4n) is 2.88. The number of ether oxygens (including phenoxy) is 1. The van der Waals surface area contributed by atoms with Crippen LogP contribution < -0.4 is 10.2 Å². The Balaban J connectivity index is 1.54. The fraction of sp³-hybridized carbons (Fsp3) is 0.250. The molecule has 7 nitrogen and oxygen atoms in total. The highest BCUT2D eigenvalue weighted by atomic mass is 16.5. The van der Waals surface area contributed by atoms with Gasteiger partial charge in [-0.15, -0.1) is 0 Å². The Morgan fingerprint density at radius 1 is 1.19 bits per heavy atom. The van der Waals surface area contributed by atoms with Gasteiger partial charge in [-0.05, 0) is 49.2 Å². The summed E-state index contributed by atoms with van der Waals surface area (Å²) >= 11 is 0. The topological polar surface area (TPSA) is 95.9 Å². The van der Waals surface area contributed by atoms with Gasteiger partial charge in [0.2, 0.25) is 5.91 Å². The molecule has 1 heterocycles. The van der Waals surface area contributed by atoms with Crippen LogP contribution in [0.1, 0.15) is 28.8 Å². The van der Waals surface area contributed by atoms with E-state index in [1.54, 1.807) is 48.2 Å². The average Bonchev–Trinajstić information content (AvgIpc) is 3.08. The van der Waals surface area contributed by atoms with Crippen LogP contribution in [0.4, 0.5) is 11.4 Å². The molecule has 2 amide bonds. The molecule has 0 radical (unpaired) electrons. The summed E-state index contributed by atoms with van der Waals surface area (Å²) in [6.07, 6.45) is 1.40. The molecule has 0 atom stereocenters. The second-order valence-corrected chi connectivity index (χ2v) is 6.29. The van der Waals surface area contributed by atoms with E-state index in [1.165, 1.54) is 6.07 Å². The molecular weight excluding hydrogens is 348 g/mol. The van der Waals surface area contributed by atoms with Crippen molar-refractivity contribution < 1.29 is 24.2 Å². The Labute approximate surface area is 156 Å². The smallest absolute Gasteiger partial charge is 0.342 e. The summed E-state index contributed by atoms with van der Waals surface area (Å²) in [6, 6.07) is 11.6. The molecular formula is C20H20N2O5. The monoisotopic (exact) mass is 368 g/mol. The predicted molar refractivity (Wildman–Crippen MR) is 99.8 cm³/mol. The highest BCUT2D eigenvalue weighted by Crippen LogP contribution is 2.23. The first-order valence-corrected chi connectivity index (χ1v) is 8.61. The number of amides is 2. The summed E-state index contributed by atoms with van der Waals surface area (Å²) < 4.78 is 4.95. The number of nitrogens with zero attached hydrogens (tertiary/aromatic N) is 1. The summed E-state index contributed by atoms with van der Waals surface area (Å²) in [5.74, 6) is -1.33. The molecule has 2 N–H and O–H groups in total. The Bertz CT molecular complexity index is 876. The number of carbonyl (C=O) groups is 3. The number of phenols is 1. The van der Waals surface area contributed by atoms with Crippen LogP contribution in [0.25, 0.3) is 0 Å². The molecule has 0 aliphatic carbocycles. The number of esters is 1. The normalized spacial score (nSPS) is 13.5. The molecule has 2 aromatic rings.